The minimum absolute atomic E-state index is 0.254. The topological polar surface area (TPSA) is 55.9 Å². The predicted molar refractivity (Wildman–Crippen MR) is 88.7 cm³/mol. The third-order valence-electron chi connectivity index (χ3n) is 5.21. The number of rotatable bonds is 2. The van der Waals surface area contributed by atoms with E-state index >= 15 is 0 Å². The molecule has 0 amide bonds. The standard InChI is InChI=1S/C18H18F2N4O/c19-18(20)8-11(9-21-10-18)17-22-16(23-25-17)15-12-4-1-2-5-13(12)24-7-3-6-14(15)24/h1-2,4-5,11,21H,3,6-10H2/t11-/m1/s1. The summed E-state index contributed by atoms with van der Waals surface area (Å²) in [6.07, 6.45) is 1.81. The van der Waals surface area contributed by atoms with Crippen LogP contribution in [0, 0.1) is 0 Å². The summed E-state index contributed by atoms with van der Waals surface area (Å²) >= 11 is 0. The first-order chi connectivity index (χ1) is 12.1. The molecule has 2 aliphatic rings. The number of alkyl halides is 2. The van der Waals surface area contributed by atoms with Gasteiger partial charge in [-0.3, -0.25) is 0 Å². The number of nitrogens with zero attached hydrogens (tertiary/aromatic N) is 3. The summed E-state index contributed by atoms with van der Waals surface area (Å²) in [5.74, 6) is -2.38. The van der Waals surface area contributed by atoms with E-state index in [-0.39, 0.29) is 13.0 Å². The van der Waals surface area contributed by atoms with Gasteiger partial charge in [-0.05, 0) is 18.9 Å². The molecule has 1 atom stereocenters. The zero-order chi connectivity index (χ0) is 17.0. The largest absolute Gasteiger partial charge is 0.344 e. The van der Waals surface area contributed by atoms with Crippen molar-refractivity contribution in [2.75, 3.05) is 13.1 Å². The highest BCUT2D eigenvalue weighted by molar-refractivity contribution is 5.96. The molecule has 2 aromatic heterocycles. The van der Waals surface area contributed by atoms with E-state index in [0.29, 0.717) is 18.3 Å². The van der Waals surface area contributed by atoms with E-state index < -0.39 is 11.8 Å². The van der Waals surface area contributed by atoms with Crippen molar-refractivity contribution < 1.29 is 13.3 Å². The number of para-hydroxylation sites is 1. The lowest BCUT2D eigenvalue weighted by Crippen LogP contribution is -2.42. The lowest BCUT2D eigenvalue weighted by Gasteiger charge is -2.27. The van der Waals surface area contributed by atoms with Crippen molar-refractivity contribution >= 4 is 10.9 Å². The summed E-state index contributed by atoms with van der Waals surface area (Å²) in [7, 11) is 0. The van der Waals surface area contributed by atoms with Crippen LogP contribution in [0.15, 0.2) is 28.8 Å². The fourth-order valence-electron chi connectivity index (χ4n) is 4.14. The highest BCUT2D eigenvalue weighted by Crippen LogP contribution is 2.38. The third-order valence-corrected chi connectivity index (χ3v) is 5.21. The van der Waals surface area contributed by atoms with E-state index in [0.717, 1.165) is 30.3 Å². The van der Waals surface area contributed by atoms with Gasteiger partial charge in [-0.15, -0.1) is 0 Å². The number of piperidine rings is 1. The molecule has 5 rings (SSSR count). The average Bonchev–Trinajstić information content (AvgIpc) is 3.29. The van der Waals surface area contributed by atoms with Crippen LogP contribution in [0.5, 0.6) is 0 Å². The average molecular weight is 344 g/mol. The molecule has 1 fully saturated rings. The van der Waals surface area contributed by atoms with Crippen molar-refractivity contribution in [1.29, 1.82) is 0 Å². The number of halogens is 2. The van der Waals surface area contributed by atoms with Crippen LogP contribution in [-0.4, -0.2) is 33.7 Å². The summed E-state index contributed by atoms with van der Waals surface area (Å²) in [5.41, 5.74) is 3.36. The van der Waals surface area contributed by atoms with Crippen LogP contribution < -0.4 is 5.32 Å². The van der Waals surface area contributed by atoms with Gasteiger partial charge in [0.2, 0.25) is 11.7 Å². The van der Waals surface area contributed by atoms with Crippen LogP contribution >= 0.6 is 0 Å². The highest BCUT2D eigenvalue weighted by atomic mass is 19.3. The van der Waals surface area contributed by atoms with Crippen LogP contribution in [0.3, 0.4) is 0 Å². The van der Waals surface area contributed by atoms with Gasteiger partial charge in [-0.1, -0.05) is 23.4 Å². The first kappa shape index (κ1) is 15.0. The Morgan fingerprint density at radius 3 is 3.04 bits per heavy atom. The third kappa shape index (κ3) is 2.37. The number of aromatic nitrogens is 3. The molecule has 0 unspecified atom stereocenters. The van der Waals surface area contributed by atoms with E-state index in [1.165, 1.54) is 11.2 Å². The summed E-state index contributed by atoms with van der Waals surface area (Å²) in [4.78, 5) is 4.51. The lowest BCUT2D eigenvalue weighted by atomic mass is 9.97. The Labute approximate surface area is 143 Å². The Morgan fingerprint density at radius 1 is 1.28 bits per heavy atom. The molecular weight excluding hydrogens is 326 g/mol. The first-order valence-corrected chi connectivity index (χ1v) is 8.65. The maximum Gasteiger partial charge on any atom is 0.261 e. The van der Waals surface area contributed by atoms with Gasteiger partial charge in [0.05, 0.1) is 18.0 Å². The van der Waals surface area contributed by atoms with Crippen molar-refractivity contribution in [2.45, 2.75) is 37.6 Å². The van der Waals surface area contributed by atoms with Crippen LogP contribution in [0.1, 0.15) is 30.3 Å². The maximum atomic E-state index is 13.7. The molecule has 0 saturated carbocycles. The van der Waals surface area contributed by atoms with E-state index in [4.69, 9.17) is 4.52 Å². The monoisotopic (exact) mass is 344 g/mol. The van der Waals surface area contributed by atoms with Gasteiger partial charge in [-0.25, -0.2) is 8.78 Å². The molecule has 0 bridgehead atoms. The zero-order valence-corrected chi connectivity index (χ0v) is 13.6. The Balaban J connectivity index is 1.58. The number of hydrogen-bond donors (Lipinski definition) is 1. The predicted octanol–water partition coefficient (Wildman–Crippen LogP) is 3.35. The molecule has 0 spiro atoms. The molecule has 1 aromatic carbocycles. The molecule has 1 N–H and O–H groups in total. The highest BCUT2D eigenvalue weighted by Gasteiger charge is 2.39. The fourth-order valence-corrected chi connectivity index (χ4v) is 4.14. The maximum absolute atomic E-state index is 13.7. The molecular formula is C18H18F2N4O. The zero-order valence-electron chi connectivity index (χ0n) is 13.6. The summed E-state index contributed by atoms with van der Waals surface area (Å²) < 4.78 is 35.0. The second kappa shape index (κ2) is 5.36. The van der Waals surface area contributed by atoms with Crippen molar-refractivity contribution in [2.24, 2.45) is 0 Å². The molecule has 3 aromatic rings. The Hall–Kier alpha value is -2.28. The molecule has 7 heteroatoms. The molecule has 130 valence electrons. The molecule has 2 aliphatic heterocycles. The summed E-state index contributed by atoms with van der Waals surface area (Å²) in [6, 6.07) is 8.17. The Kier molecular flexibility index (Phi) is 3.22. The fraction of sp³-hybridized carbons (Fsp3) is 0.444. The van der Waals surface area contributed by atoms with Crippen molar-refractivity contribution in [1.82, 2.24) is 20.0 Å². The molecule has 1 saturated heterocycles. The van der Waals surface area contributed by atoms with E-state index in [1.807, 2.05) is 12.1 Å². The summed E-state index contributed by atoms with van der Waals surface area (Å²) in [5, 5.41) is 7.99. The van der Waals surface area contributed by atoms with E-state index in [1.54, 1.807) is 0 Å². The number of benzene rings is 1. The molecule has 5 nitrogen and oxygen atoms in total. The van der Waals surface area contributed by atoms with Gasteiger partial charge in [-0.2, -0.15) is 4.98 Å². The molecule has 4 heterocycles. The normalized spacial score (nSPS) is 22.4. The van der Waals surface area contributed by atoms with Gasteiger partial charge in [0.1, 0.15) is 0 Å². The minimum Gasteiger partial charge on any atom is -0.344 e. The van der Waals surface area contributed by atoms with Crippen LogP contribution in [0.25, 0.3) is 22.3 Å². The van der Waals surface area contributed by atoms with Crippen LogP contribution in [0.4, 0.5) is 8.78 Å². The van der Waals surface area contributed by atoms with Crippen molar-refractivity contribution in [3.05, 3.63) is 35.9 Å². The smallest absolute Gasteiger partial charge is 0.261 e. The van der Waals surface area contributed by atoms with Crippen molar-refractivity contribution in [3.63, 3.8) is 0 Å². The Morgan fingerprint density at radius 2 is 2.16 bits per heavy atom. The van der Waals surface area contributed by atoms with Gasteiger partial charge in [0, 0.05) is 36.1 Å². The van der Waals surface area contributed by atoms with E-state index in [9.17, 15) is 8.78 Å². The number of fused-ring (bicyclic) bond motifs is 3. The SMILES string of the molecule is FC1(F)CNC[C@H](c2nc(-c3c4n(c5ccccc35)CCC4)no2)C1. The second-order valence-corrected chi connectivity index (χ2v) is 6.94. The molecule has 0 radical (unpaired) electrons. The van der Waals surface area contributed by atoms with Gasteiger partial charge in [0.15, 0.2) is 0 Å². The molecule has 0 aliphatic carbocycles. The van der Waals surface area contributed by atoms with Gasteiger partial charge >= 0.3 is 0 Å². The quantitative estimate of drug-likeness (QED) is 0.775. The number of hydrogen-bond acceptors (Lipinski definition) is 4. The minimum atomic E-state index is -2.73. The number of aryl methyl sites for hydroxylation is 1. The van der Waals surface area contributed by atoms with E-state index in [2.05, 4.69) is 32.2 Å². The van der Waals surface area contributed by atoms with Gasteiger partial charge < -0.3 is 14.4 Å². The number of nitrogens with one attached hydrogen (secondary N) is 1. The van der Waals surface area contributed by atoms with Crippen molar-refractivity contribution in [3.8, 4) is 11.4 Å². The van der Waals surface area contributed by atoms with Crippen LogP contribution in [-0.2, 0) is 13.0 Å². The summed E-state index contributed by atoms with van der Waals surface area (Å²) in [6.45, 7) is 1.13. The molecule has 25 heavy (non-hydrogen) atoms. The van der Waals surface area contributed by atoms with Gasteiger partial charge in [0.25, 0.3) is 5.92 Å². The first-order valence-electron chi connectivity index (χ1n) is 8.65. The Bertz CT molecular complexity index is 946. The lowest BCUT2D eigenvalue weighted by molar-refractivity contribution is -0.0310. The second-order valence-electron chi connectivity index (χ2n) is 6.94. The van der Waals surface area contributed by atoms with Crippen LogP contribution in [0.2, 0.25) is 0 Å².